The van der Waals surface area contributed by atoms with E-state index in [2.05, 4.69) is 60.9 Å². The van der Waals surface area contributed by atoms with Crippen molar-refractivity contribution in [2.75, 3.05) is 6.61 Å². The number of hydrogen-bond donors (Lipinski definition) is 1. The minimum atomic E-state index is 0.398. The average molecular weight is 303 g/mol. The summed E-state index contributed by atoms with van der Waals surface area (Å²) in [5.41, 5.74) is 1.29. The Labute approximate surface area is 132 Å². The first-order valence-corrected chi connectivity index (χ1v) is 8.66. The van der Waals surface area contributed by atoms with Gasteiger partial charge in [0.05, 0.1) is 6.61 Å². The largest absolute Gasteiger partial charge is 0.494 e. The van der Waals surface area contributed by atoms with E-state index in [4.69, 9.17) is 4.74 Å². The highest BCUT2D eigenvalue weighted by atomic mass is 32.1. The van der Waals surface area contributed by atoms with Crippen LogP contribution in [0.5, 0.6) is 5.75 Å². The standard InChI is InChI=1S/C18H25NOS/c1-3-4-5-12-20-17-10-8-16(9-11-17)14-19-15(2)18-7-6-13-21-18/h6-11,13,15,19H,3-5,12,14H2,1-2H3. The fourth-order valence-electron chi connectivity index (χ4n) is 2.15. The molecule has 0 aliphatic rings. The lowest BCUT2D eigenvalue weighted by Gasteiger charge is -2.12. The zero-order valence-corrected chi connectivity index (χ0v) is 13.8. The van der Waals surface area contributed by atoms with Gasteiger partial charge in [0.2, 0.25) is 0 Å². The highest BCUT2D eigenvalue weighted by Gasteiger charge is 2.05. The summed E-state index contributed by atoms with van der Waals surface area (Å²) in [7, 11) is 0. The van der Waals surface area contributed by atoms with Gasteiger partial charge >= 0.3 is 0 Å². The van der Waals surface area contributed by atoms with E-state index in [1.807, 2.05) is 0 Å². The molecule has 1 atom stereocenters. The second-order valence-electron chi connectivity index (χ2n) is 5.32. The van der Waals surface area contributed by atoms with E-state index in [-0.39, 0.29) is 0 Å². The van der Waals surface area contributed by atoms with E-state index >= 15 is 0 Å². The van der Waals surface area contributed by atoms with Gasteiger partial charge in [0.25, 0.3) is 0 Å². The van der Waals surface area contributed by atoms with Crippen LogP contribution in [0.25, 0.3) is 0 Å². The maximum Gasteiger partial charge on any atom is 0.119 e. The maximum absolute atomic E-state index is 5.73. The number of unbranched alkanes of at least 4 members (excludes halogenated alkanes) is 2. The minimum absolute atomic E-state index is 0.398. The Kier molecular flexibility index (Phi) is 6.77. The summed E-state index contributed by atoms with van der Waals surface area (Å²) in [4.78, 5) is 1.38. The SMILES string of the molecule is CCCCCOc1ccc(CNC(C)c2cccs2)cc1. The first-order chi connectivity index (χ1) is 10.3. The molecule has 1 aromatic heterocycles. The molecule has 0 bridgehead atoms. The Balaban J connectivity index is 1.74. The highest BCUT2D eigenvalue weighted by Crippen LogP contribution is 2.19. The third-order valence-corrected chi connectivity index (χ3v) is 4.58. The van der Waals surface area contributed by atoms with E-state index < -0.39 is 0 Å². The van der Waals surface area contributed by atoms with Gasteiger partial charge in [-0.1, -0.05) is 38.0 Å². The smallest absolute Gasteiger partial charge is 0.119 e. The lowest BCUT2D eigenvalue weighted by atomic mass is 10.2. The number of benzene rings is 1. The van der Waals surface area contributed by atoms with Crippen molar-refractivity contribution in [3.05, 3.63) is 52.2 Å². The first-order valence-electron chi connectivity index (χ1n) is 7.78. The molecule has 1 aromatic carbocycles. The third-order valence-electron chi connectivity index (χ3n) is 3.52. The molecule has 1 heterocycles. The molecule has 114 valence electrons. The van der Waals surface area contributed by atoms with Crippen molar-refractivity contribution in [3.8, 4) is 5.75 Å². The van der Waals surface area contributed by atoms with Gasteiger partial charge in [-0.15, -0.1) is 11.3 Å². The van der Waals surface area contributed by atoms with E-state index in [1.165, 1.54) is 23.3 Å². The van der Waals surface area contributed by atoms with Gasteiger partial charge in [0, 0.05) is 17.5 Å². The molecule has 0 saturated carbocycles. The topological polar surface area (TPSA) is 21.3 Å². The number of hydrogen-bond acceptors (Lipinski definition) is 3. The van der Waals surface area contributed by atoms with Crippen LogP contribution < -0.4 is 10.1 Å². The molecular weight excluding hydrogens is 278 g/mol. The summed E-state index contributed by atoms with van der Waals surface area (Å²) in [5.74, 6) is 0.973. The Morgan fingerprint density at radius 2 is 1.95 bits per heavy atom. The van der Waals surface area contributed by atoms with Gasteiger partial charge in [0.15, 0.2) is 0 Å². The van der Waals surface area contributed by atoms with Crippen LogP contribution in [-0.4, -0.2) is 6.61 Å². The lowest BCUT2D eigenvalue weighted by molar-refractivity contribution is 0.306. The molecule has 0 aliphatic carbocycles. The van der Waals surface area contributed by atoms with E-state index in [9.17, 15) is 0 Å². The third kappa shape index (κ3) is 5.52. The van der Waals surface area contributed by atoms with Gasteiger partial charge < -0.3 is 10.1 Å². The van der Waals surface area contributed by atoms with Crippen molar-refractivity contribution >= 4 is 11.3 Å². The van der Waals surface area contributed by atoms with E-state index in [1.54, 1.807) is 11.3 Å². The van der Waals surface area contributed by atoms with Crippen LogP contribution in [0, 0.1) is 0 Å². The van der Waals surface area contributed by atoms with E-state index in [0.29, 0.717) is 6.04 Å². The van der Waals surface area contributed by atoms with Crippen LogP contribution in [0.15, 0.2) is 41.8 Å². The summed E-state index contributed by atoms with van der Waals surface area (Å²) in [6.45, 7) is 6.12. The van der Waals surface area contributed by atoms with Gasteiger partial charge in [-0.05, 0) is 42.5 Å². The van der Waals surface area contributed by atoms with Crippen LogP contribution in [0.4, 0.5) is 0 Å². The molecule has 2 nitrogen and oxygen atoms in total. The fraction of sp³-hybridized carbons (Fsp3) is 0.444. The second kappa shape index (κ2) is 8.85. The summed E-state index contributed by atoms with van der Waals surface area (Å²) in [5, 5.41) is 5.67. The number of thiophene rings is 1. The van der Waals surface area contributed by atoms with Gasteiger partial charge in [-0.25, -0.2) is 0 Å². The Morgan fingerprint density at radius 1 is 1.14 bits per heavy atom. The number of rotatable bonds is 9. The van der Waals surface area contributed by atoms with Crippen molar-refractivity contribution in [1.82, 2.24) is 5.32 Å². The quantitative estimate of drug-likeness (QED) is 0.645. The molecule has 3 heteroatoms. The normalized spacial score (nSPS) is 12.3. The molecule has 0 radical (unpaired) electrons. The van der Waals surface area contributed by atoms with Crippen molar-refractivity contribution in [1.29, 1.82) is 0 Å². The highest BCUT2D eigenvalue weighted by molar-refractivity contribution is 7.10. The zero-order chi connectivity index (χ0) is 14.9. The molecule has 2 aromatic rings. The second-order valence-corrected chi connectivity index (χ2v) is 6.30. The summed E-state index contributed by atoms with van der Waals surface area (Å²) in [6, 6.07) is 13.1. The Bertz CT molecular complexity index is 492. The lowest BCUT2D eigenvalue weighted by Crippen LogP contribution is -2.17. The molecular formula is C18H25NOS. The van der Waals surface area contributed by atoms with Crippen LogP contribution >= 0.6 is 11.3 Å². The zero-order valence-electron chi connectivity index (χ0n) is 13.0. The van der Waals surface area contributed by atoms with Crippen LogP contribution in [0.1, 0.15) is 49.6 Å². The molecule has 0 saturated heterocycles. The van der Waals surface area contributed by atoms with Crippen LogP contribution in [0.2, 0.25) is 0 Å². The number of nitrogens with one attached hydrogen (secondary N) is 1. The van der Waals surface area contributed by atoms with Crippen LogP contribution in [-0.2, 0) is 6.54 Å². The predicted octanol–water partition coefficient (Wildman–Crippen LogP) is 5.17. The van der Waals surface area contributed by atoms with Crippen molar-refractivity contribution in [2.24, 2.45) is 0 Å². The fourth-order valence-corrected chi connectivity index (χ4v) is 2.91. The van der Waals surface area contributed by atoms with E-state index in [0.717, 1.165) is 25.3 Å². The maximum atomic E-state index is 5.73. The summed E-state index contributed by atoms with van der Waals surface area (Å²) >= 11 is 1.80. The molecule has 1 N–H and O–H groups in total. The first kappa shape index (κ1) is 16.1. The Morgan fingerprint density at radius 3 is 2.62 bits per heavy atom. The molecule has 21 heavy (non-hydrogen) atoms. The van der Waals surface area contributed by atoms with Crippen molar-refractivity contribution in [2.45, 2.75) is 45.7 Å². The molecule has 2 rings (SSSR count). The van der Waals surface area contributed by atoms with Crippen molar-refractivity contribution < 1.29 is 4.74 Å². The van der Waals surface area contributed by atoms with Gasteiger partial charge in [0.1, 0.15) is 5.75 Å². The Hall–Kier alpha value is -1.32. The van der Waals surface area contributed by atoms with Crippen molar-refractivity contribution in [3.63, 3.8) is 0 Å². The monoisotopic (exact) mass is 303 g/mol. The molecule has 0 fully saturated rings. The average Bonchev–Trinajstić information content (AvgIpc) is 3.05. The molecule has 1 unspecified atom stereocenters. The molecule has 0 aliphatic heterocycles. The van der Waals surface area contributed by atoms with Gasteiger partial charge in [-0.2, -0.15) is 0 Å². The number of ether oxygens (including phenoxy) is 1. The van der Waals surface area contributed by atoms with Crippen LogP contribution in [0.3, 0.4) is 0 Å². The minimum Gasteiger partial charge on any atom is -0.494 e. The summed E-state index contributed by atoms with van der Waals surface area (Å²) in [6.07, 6.45) is 3.61. The predicted molar refractivity (Wildman–Crippen MR) is 91.0 cm³/mol. The molecule has 0 spiro atoms. The molecule has 0 amide bonds. The van der Waals surface area contributed by atoms with Gasteiger partial charge in [-0.3, -0.25) is 0 Å². The summed E-state index contributed by atoms with van der Waals surface area (Å²) < 4.78 is 5.73.